The van der Waals surface area contributed by atoms with Crippen molar-refractivity contribution in [2.45, 2.75) is 19.9 Å². The molecule has 0 saturated carbocycles. The molecule has 0 fully saturated rings. The Kier molecular flexibility index (Phi) is 5.44. The van der Waals surface area contributed by atoms with Gasteiger partial charge in [-0.15, -0.1) is 22.7 Å². The molecular weight excluding hydrogens is 452 g/mol. The number of amides is 1. The number of benzene rings is 2. The van der Waals surface area contributed by atoms with E-state index in [4.69, 9.17) is 0 Å². The molecule has 7 heteroatoms. The van der Waals surface area contributed by atoms with Crippen LogP contribution in [0.3, 0.4) is 0 Å². The third kappa shape index (κ3) is 3.59. The first kappa shape index (κ1) is 21.3. The van der Waals surface area contributed by atoms with Crippen molar-refractivity contribution in [3.8, 4) is 10.6 Å². The Bertz CT molecular complexity index is 1390. The lowest BCUT2D eigenvalue weighted by Gasteiger charge is -2.26. The fourth-order valence-electron chi connectivity index (χ4n) is 4.04. The van der Waals surface area contributed by atoms with Gasteiger partial charge in [-0.2, -0.15) is 0 Å². The summed E-state index contributed by atoms with van der Waals surface area (Å²) in [4.78, 5) is 34.5. The maximum atomic E-state index is 13.8. The molecule has 0 radical (unpaired) electrons. The van der Waals surface area contributed by atoms with Crippen LogP contribution in [0.25, 0.3) is 10.6 Å². The summed E-state index contributed by atoms with van der Waals surface area (Å²) in [6, 6.07) is 20.0. The summed E-state index contributed by atoms with van der Waals surface area (Å²) in [5, 5.41) is 13.6. The molecule has 3 heterocycles. The highest BCUT2D eigenvalue weighted by Crippen LogP contribution is 2.45. The number of nitrogens with zero attached hydrogens (tertiary/aromatic N) is 2. The molecule has 5 nitrogen and oxygen atoms in total. The summed E-state index contributed by atoms with van der Waals surface area (Å²) < 4.78 is 0. The zero-order valence-corrected chi connectivity index (χ0v) is 19.6. The van der Waals surface area contributed by atoms with Gasteiger partial charge in [0.25, 0.3) is 5.91 Å². The van der Waals surface area contributed by atoms with Crippen molar-refractivity contribution in [3.05, 3.63) is 104 Å². The average Bonchev–Trinajstić information content (AvgIpc) is 3.50. The SMILES string of the molecule is Cc1ccsc1C1C(C(=O)c2sc(-c3ccccc3)nc2C)=C(O)C(=O)N1c1ccccc1. The predicted molar refractivity (Wildman–Crippen MR) is 132 cm³/mol. The van der Waals surface area contributed by atoms with Crippen LogP contribution in [0.2, 0.25) is 0 Å². The number of rotatable bonds is 5. The largest absolute Gasteiger partial charge is 0.503 e. The van der Waals surface area contributed by atoms with Crippen molar-refractivity contribution in [2.24, 2.45) is 0 Å². The molecule has 164 valence electrons. The number of anilines is 1. The van der Waals surface area contributed by atoms with Gasteiger partial charge in [0, 0.05) is 16.1 Å². The molecule has 2 aromatic carbocycles. The van der Waals surface area contributed by atoms with Crippen molar-refractivity contribution in [1.82, 2.24) is 4.98 Å². The average molecular weight is 473 g/mol. The van der Waals surface area contributed by atoms with Gasteiger partial charge in [-0.3, -0.25) is 14.5 Å². The van der Waals surface area contributed by atoms with Crippen LogP contribution in [0.1, 0.15) is 31.8 Å². The molecule has 0 aliphatic carbocycles. The third-order valence-electron chi connectivity index (χ3n) is 5.66. The number of thiazole rings is 1. The minimum Gasteiger partial charge on any atom is -0.503 e. The second-order valence-electron chi connectivity index (χ2n) is 7.77. The molecule has 0 saturated heterocycles. The van der Waals surface area contributed by atoms with E-state index in [0.29, 0.717) is 16.3 Å². The lowest BCUT2D eigenvalue weighted by Crippen LogP contribution is -2.30. The number of carbonyl (C=O) groups is 2. The van der Waals surface area contributed by atoms with Crippen molar-refractivity contribution >= 4 is 40.1 Å². The Balaban J connectivity index is 1.63. The Labute approximate surface area is 199 Å². The molecule has 2 aromatic heterocycles. The lowest BCUT2D eigenvalue weighted by atomic mass is 9.98. The molecule has 1 unspecified atom stereocenters. The van der Waals surface area contributed by atoms with E-state index < -0.39 is 17.7 Å². The van der Waals surface area contributed by atoms with E-state index in [0.717, 1.165) is 21.0 Å². The van der Waals surface area contributed by atoms with Crippen LogP contribution in [-0.4, -0.2) is 21.8 Å². The van der Waals surface area contributed by atoms with E-state index in [2.05, 4.69) is 4.98 Å². The molecule has 1 aliphatic heterocycles. The number of para-hydroxylation sites is 1. The number of aryl methyl sites for hydroxylation is 2. The number of hydrogen-bond donors (Lipinski definition) is 1. The lowest BCUT2D eigenvalue weighted by molar-refractivity contribution is -0.117. The van der Waals surface area contributed by atoms with Gasteiger partial charge < -0.3 is 5.11 Å². The van der Waals surface area contributed by atoms with Crippen LogP contribution in [-0.2, 0) is 4.79 Å². The first-order chi connectivity index (χ1) is 16.0. The number of thiophene rings is 1. The molecule has 5 rings (SSSR count). The van der Waals surface area contributed by atoms with Gasteiger partial charge in [-0.1, -0.05) is 48.5 Å². The van der Waals surface area contributed by atoms with Crippen molar-refractivity contribution in [1.29, 1.82) is 0 Å². The molecule has 1 atom stereocenters. The van der Waals surface area contributed by atoms with Crippen LogP contribution in [0, 0.1) is 13.8 Å². The normalized spacial score (nSPS) is 16.0. The van der Waals surface area contributed by atoms with Crippen LogP contribution in [0.4, 0.5) is 5.69 Å². The number of ketones is 1. The fourth-order valence-corrected chi connectivity index (χ4v) is 6.09. The highest BCUT2D eigenvalue weighted by molar-refractivity contribution is 7.17. The minimum absolute atomic E-state index is 0.0979. The van der Waals surface area contributed by atoms with Gasteiger partial charge in [-0.25, -0.2) is 4.98 Å². The van der Waals surface area contributed by atoms with E-state index in [9.17, 15) is 14.7 Å². The van der Waals surface area contributed by atoms with E-state index in [-0.39, 0.29) is 11.4 Å². The van der Waals surface area contributed by atoms with Crippen molar-refractivity contribution < 1.29 is 14.7 Å². The van der Waals surface area contributed by atoms with Gasteiger partial charge in [-0.05, 0) is 43.0 Å². The maximum Gasteiger partial charge on any atom is 0.294 e. The monoisotopic (exact) mass is 472 g/mol. The first-order valence-corrected chi connectivity index (χ1v) is 12.1. The summed E-state index contributed by atoms with van der Waals surface area (Å²) in [6.45, 7) is 3.73. The number of carbonyl (C=O) groups excluding carboxylic acids is 2. The number of aliphatic hydroxyl groups is 1. The van der Waals surface area contributed by atoms with E-state index in [1.54, 1.807) is 19.1 Å². The summed E-state index contributed by atoms with van der Waals surface area (Å²) >= 11 is 2.75. The molecule has 33 heavy (non-hydrogen) atoms. The summed E-state index contributed by atoms with van der Waals surface area (Å²) in [5.74, 6) is -1.45. The van der Waals surface area contributed by atoms with Gasteiger partial charge in [0.2, 0.25) is 5.78 Å². The maximum absolute atomic E-state index is 13.8. The number of aliphatic hydroxyl groups excluding tert-OH is 1. The van der Waals surface area contributed by atoms with E-state index >= 15 is 0 Å². The molecule has 0 bridgehead atoms. The molecule has 4 aromatic rings. The summed E-state index contributed by atoms with van der Waals surface area (Å²) in [7, 11) is 0. The van der Waals surface area contributed by atoms with E-state index in [1.165, 1.54) is 27.6 Å². The zero-order valence-electron chi connectivity index (χ0n) is 18.0. The van der Waals surface area contributed by atoms with Crippen LogP contribution >= 0.6 is 22.7 Å². The van der Waals surface area contributed by atoms with Crippen LogP contribution < -0.4 is 4.90 Å². The smallest absolute Gasteiger partial charge is 0.294 e. The molecule has 1 aliphatic rings. The third-order valence-corrected chi connectivity index (χ3v) is 7.94. The Morgan fingerprint density at radius 2 is 1.67 bits per heavy atom. The second-order valence-corrected chi connectivity index (χ2v) is 9.72. The molecule has 1 N–H and O–H groups in total. The quantitative estimate of drug-likeness (QED) is 0.348. The van der Waals surface area contributed by atoms with Gasteiger partial charge in [0.1, 0.15) is 11.0 Å². The van der Waals surface area contributed by atoms with Gasteiger partial charge in [0.15, 0.2) is 5.76 Å². The number of hydrogen-bond acceptors (Lipinski definition) is 6. The fraction of sp³-hybridized carbons (Fsp3) is 0.115. The number of aromatic nitrogens is 1. The molecule has 1 amide bonds. The van der Waals surface area contributed by atoms with Crippen LogP contribution in [0.5, 0.6) is 0 Å². The van der Waals surface area contributed by atoms with Gasteiger partial charge >= 0.3 is 0 Å². The standard InChI is InChI=1S/C26H20N2O3S2/c1-15-13-14-32-23(15)20-19(22(30)26(31)28(20)18-11-7-4-8-12-18)21(29)24-16(2)27-25(33-24)17-9-5-3-6-10-17/h3-14,20,30H,1-2H3. The summed E-state index contributed by atoms with van der Waals surface area (Å²) in [6.07, 6.45) is 0. The Morgan fingerprint density at radius 1 is 1.00 bits per heavy atom. The van der Waals surface area contributed by atoms with E-state index in [1.807, 2.05) is 66.9 Å². The first-order valence-electron chi connectivity index (χ1n) is 10.4. The zero-order chi connectivity index (χ0) is 23.1. The highest BCUT2D eigenvalue weighted by atomic mass is 32.1. The van der Waals surface area contributed by atoms with Crippen molar-refractivity contribution in [2.75, 3.05) is 4.90 Å². The van der Waals surface area contributed by atoms with Crippen LogP contribution in [0.15, 0.2) is 83.4 Å². The second kappa shape index (κ2) is 8.42. The van der Waals surface area contributed by atoms with Crippen molar-refractivity contribution in [3.63, 3.8) is 0 Å². The topological polar surface area (TPSA) is 70.5 Å². The predicted octanol–water partition coefficient (Wildman–Crippen LogP) is 6.27. The Hall–Kier alpha value is -3.55. The number of Topliss-reactive ketones (excluding diaryl/α,β-unsaturated/α-hetero) is 1. The Morgan fingerprint density at radius 3 is 2.30 bits per heavy atom. The molecular formula is C26H20N2O3S2. The minimum atomic E-state index is -0.700. The van der Waals surface area contributed by atoms with Gasteiger partial charge in [0.05, 0.1) is 16.1 Å². The highest BCUT2D eigenvalue weighted by Gasteiger charge is 2.46. The summed E-state index contributed by atoms with van der Waals surface area (Å²) in [5.41, 5.74) is 3.18. The molecule has 0 spiro atoms.